The first kappa shape index (κ1) is 77.3. The van der Waals surface area contributed by atoms with Gasteiger partial charge in [0.2, 0.25) is 0 Å². The number of hydrogen-bond donors (Lipinski definition) is 5. The third-order valence-corrected chi connectivity index (χ3v) is 16.0. The Hall–Kier alpha value is -2.96. The minimum absolute atomic E-state index is 0. The van der Waals surface area contributed by atoms with Gasteiger partial charge in [-0.2, -0.15) is 27.3 Å². The Kier molecular flexibility index (Phi) is 28.6. The second-order valence-electron chi connectivity index (χ2n) is 16.0. The molecule has 0 spiro atoms. The summed E-state index contributed by atoms with van der Waals surface area (Å²) in [7, 11) is -20.3. The van der Waals surface area contributed by atoms with Gasteiger partial charge in [-0.1, -0.05) is 12.1 Å². The number of aromatic hydroxyl groups is 3. The first-order valence-electron chi connectivity index (χ1n) is 21.4. The predicted octanol–water partition coefficient (Wildman–Crippen LogP) is -6.74. The topological polar surface area (TPSA) is 504 Å². The van der Waals surface area contributed by atoms with Crippen LogP contribution in [-0.2, 0) is 59.2 Å². The Morgan fingerprint density at radius 2 is 1.00 bits per heavy atom. The fourth-order valence-corrected chi connectivity index (χ4v) is 11.2. The van der Waals surface area contributed by atoms with Gasteiger partial charge in [-0.15, -0.1) is 30.7 Å². The molecule has 0 atom stereocenters. The van der Waals surface area contributed by atoms with Crippen molar-refractivity contribution in [1.82, 2.24) is 0 Å². The summed E-state index contributed by atoms with van der Waals surface area (Å²) in [5.74, 6) is -2.46. The zero-order valence-corrected chi connectivity index (χ0v) is 59.9. The van der Waals surface area contributed by atoms with E-state index in [1.54, 1.807) is 0 Å². The van der Waals surface area contributed by atoms with Crippen LogP contribution >= 0.6 is 24.1 Å². The van der Waals surface area contributed by atoms with Crippen molar-refractivity contribution in [2.75, 3.05) is 12.8 Å². The number of aryl methyl sites for hydroxylation is 1. The van der Waals surface area contributed by atoms with E-state index in [9.17, 15) is 77.7 Å². The molecule has 42 heteroatoms. The molecule has 8 rings (SSSR count). The molecule has 0 amide bonds. The first-order valence-corrected chi connectivity index (χ1v) is 28.6. The van der Waals surface area contributed by atoms with Crippen LogP contribution in [0.2, 0.25) is 0 Å². The summed E-state index contributed by atoms with van der Waals surface area (Å²) in [4.78, 5) is -4.43. The van der Waals surface area contributed by atoms with Crippen molar-refractivity contribution in [1.29, 1.82) is 0 Å². The average Bonchev–Trinajstić information content (AvgIpc) is 1.13. The number of benzene rings is 8. The SMILES string of the molecule is COc1ccc(N=Nc2c(S(=O)(=O)O)cc3c(C)c(N=Nc4c(S(=O)(=O)[O-])cc5cc(S(=O)(=O)[O-])c(N=Nc6ccc7c(O)c(N=Nc8ccccc8S(=O)(=O)[O-])c(SOO[O-])cc7c6)c(O)c5c4N)ccc3c2O)c(SOO[O-])c1.[Na+].[Na+].[Na+].[Na+].[Na+]. The summed E-state index contributed by atoms with van der Waals surface area (Å²) in [6.45, 7) is 1.32. The Morgan fingerprint density at radius 3 is 1.60 bits per heavy atom. The zero-order chi connectivity index (χ0) is 58.9. The molecule has 8 aromatic carbocycles. The molecular formula is C44H28N9Na5O22S6. The predicted molar refractivity (Wildman–Crippen MR) is 272 cm³/mol. The second-order valence-corrected chi connectivity index (χ2v) is 23.0. The molecule has 0 saturated heterocycles. The number of phenolic OH excluding ortho intramolecular Hbond substituents is 3. The van der Waals surface area contributed by atoms with Gasteiger partial charge in [0, 0.05) is 10.8 Å². The minimum Gasteiger partial charge on any atom is -0.744 e. The van der Waals surface area contributed by atoms with Crippen molar-refractivity contribution < 1.29 is 249 Å². The van der Waals surface area contributed by atoms with Crippen LogP contribution in [0.15, 0.2) is 167 Å². The van der Waals surface area contributed by atoms with Gasteiger partial charge < -0.3 is 50.0 Å². The van der Waals surface area contributed by atoms with Gasteiger partial charge in [-0.05, 0) is 114 Å². The van der Waals surface area contributed by atoms with E-state index in [1.165, 1.54) is 80.8 Å². The van der Waals surface area contributed by atoms with Gasteiger partial charge in [0.05, 0.1) is 78.1 Å². The first-order chi connectivity index (χ1) is 38.2. The number of anilines is 1. The number of nitrogen functional groups attached to an aromatic ring is 1. The maximum Gasteiger partial charge on any atom is 1.00 e. The van der Waals surface area contributed by atoms with E-state index in [2.05, 4.69) is 59.7 Å². The molecule has 422 valence electrons. The quantitative estimate of drug-likeness (QED) is 0.00955. The third-order valence-electron chi connectivity index (χ3n) is 11.3. The van der Waals surface area contributed by atoms with Crippen molar-refractivity contribution in [3.05, 3.63) is 103 Å². The van der Waals surface area contributed by atoms with E-state index in [-0.39, 0.29) is 220 Å². The molecule has 0 heterocycles. The van der Waals surface area contributed by atoms with Crippen molar-refractivity contribution in [2.45, 2.75) is 36.3 Å². The monoisotopic (exact) mass is 1340 g/mol. The number of nitrogens with two attached hydrogens (primary N) is 1. The smallest absolute Gasteiger partial charge is 0.744 e. The van der Waals surface area contributed by atoms with Crippen LogP contribution in [0, 0.1) is 6.92 Å². The molecule has 6 N–H and O–H groups in total. The number of fused-ring (bicyclic) bond motifs is 3. The molecular weight excluding hydrogens is 1310 g/mol. The molecule has 0 aromatic heterocycles. The summed E-state index contributed by atoms with van der Waals surface area (Å²) in [5.41, 5.74) is 1.37. The maximum absolute atomic E-state index is 12.7. The van der Waals surface area contributed by atoms with Crippen LogP contribution in [0.1, 0.15) is 5.56 Å². The maximum atomic E-state index is 12.7. The molecule has 0 unspecified atom stereocenters. The minimum atomic E-state index is -5.67. The fraction of sp³-hybridized carbons (Fsp3) is 0.0455. The second kappa shape index (κ2) is 31.9. The van der Waals surface area contributed by atoms with Crippen LogP contribution in [0.5, 0.6) is 23.0 Å². The Balaban J connectivity index is 0.00000387. The van der Waals surface area contributed by atoms with E-state index in [0.29, 0.717) is 24.2 Å². The van der Waals surface area contributed by atoms with Gasteiger partial charge in [-0.3, -0.25) is 14.6 Å². The number of hydrogen-bond acceptors (Lipinski definition) is 32. The van der Waals surface area contributed by atoms with E-state index in [0.717, 1.165) is 18.2 Å². The van der Waals surface area contributed by atoms with Crippen LogP contribution in [-0.4, -0.2) is 74.3 Å². The largest absolute Gasteiger partial charge is 1.00 e. The number of methoxy groups -OCH3 is 1. The third kappa shape index (κ3) is 17.3. The van der Waals surface area contributed by atoms with Gasteiger partial charge >= 0.3 is 148 Å². The number of azo groups is 4. The van der Waals surface area contributed by atoms with Crippen molar-refractivity contribution in [3.63, 3.8) is 0 Å². The number of nitrogens with zero attached hydrogens (tertiary/aromatic N) is 8. The number of ether oxygens (including phenoxy) is 1. The molecule has 0 bridgehead atoms. The molecule has 0 aliphatic carbocycles. The molecule has 0 fully saturated rings. The van der Waals surface area contributed by atoms with Gasteiger partial charge in [0.15, 0.2) is 17.2 Å². The molecule has 8 aromatic rings. The molecule has 0 radical (unpaired) electrons. The van der Waals surface area contributed by atoms with Crippen LogP contribution < -0.4 is 169 Å². The average molecular weight is 1340 g/mol. The standard InChI is InChI=1S/C44H33N9O22S6.5Na/c1-19-26-18-35(81(68,69)70)40(53-48-28-11-8-23(71-2)17-30(28)76-74-72-57)43(55)25(26)10-12-27(19)47-51-39-33(79(62,63)64)15-21-16-34(80(65,66)67)41(44(56)36(21)37(39)45)52-46-22-7-9-24-20(13-22)14-31(77-75-73-58)38(42(24)54)50-49-29-5-3-4-6-32(29)78(59,60)61;;;;;/h3-18,54-58H,45H2,1-2H3,(H,59,60,61)(H,62,63,64)(H,65,66,67)(H,68,69,70);;;;;/q;5*+1/p-5. The van der Waals surface area contributed by atoms with E-state index in [4.69, 9.17) is 10.5 Å². The fourth-order valence-electron chi connectivity index (χ4n) is 7.65. The van der Waals surface area contributed by atoms with Crippen LogP contribution in [0.4, 0.5) is 51.2 Å². The van der Waals surface area contributed by atoms with Crippen molar-refractivity contribution in [3.8, 4) is 23.0 Å². The summed E-state index contributed by atoms with van der Waals surface area (Å²) in [6.07, 6.45) is 0. The van der Waals surface area contributed by atoms with Crippen LogP contribution in [0.25, 0.3) is 32.3 Å². The number of phenols is 3. The normalized spacial score (nSPS) is 12.1. The summed E-state index contributed by atoms with van der Waals surface area (Å²) in [5, 5.41) is 91.9. The van der Waals surface area contributed by atoms with Gasteiger partial charge in [0.1, 0.15) is 75.1 Å². The van der Waals surface area contributed by atoms with E-state index in [1.807, 2.05) is 0 Å². The van der Waals surface area contributed by atoms with E-state index >= 15 is 0 Å². The molecule has 31 nitrogen and oxygen atoms in total. The molecule has 86 heavy (non-hydrogen) atoms. The Morgan fingerprint density at radius 1 is 0.488 bits per heavy atom. The van der Waals surface area contributed by atoms with Gasteiger partial charge in [-0.25, -0.2) is 25.3 Å². The van der Waals surface area contributed by atoms with Crippen LogP contribution in [0.3, 0.4) is 0 Å². The molecule has 0 aliphatic rings. The van der Waals surface area contributed by atoms with Gasteiger partial charge in [0.25, 0.3) is 10.1 Å². The molecule has 0 aliphatic heterocycles. The summed E-state index contributed by atoms with van der Waals surface area (Å²) >= 11 is 0.579. The summed E-state index contributed by atoms with van der Waals surface area (Å²) in [6, 6.07) is 17.9. The zero-order valence-electron chi connectivity index (χ0n) is 45.0. The van der Waals surface area contributed by atoms with Crippen molar-refractivity contribution >= 4 is 148 Å². The Bertz CT molecular complexity index is 4540. The van der Waals surface area contributed by atoms with E-state index < -0.39 is 122 Å². The Labute approximate surface area is 604 Å². The van der Waals surface area contributed by atoms with Crippen molar-refractivity contribution in [2.24, 2.45) is 40.9 Å². The summed E-state index contributed by atoms with van der Waals surface area (Å²) < 4.78 is 161. The molecule has 0 saturated carbocycles. The number of rotatable bonds is 19.